The number of halogens is 4. The van der Waals surface area contributed by atoms with E-state index in [1.807, 2.05) is 0 Å². The lowest BCUT2D eigenvalue weighted by Crippen LogP contribution is -2.24. The van der Waals surface area contributed by atoms with Gasteiger partial charge in [0.2, 0.25) is 10.0 Å². The van der Waals surface area contributed by atoms with Crippen LogP contribution in [0.2, 0.25) is 0 Å². The highest BCUT2D eigenvalue weighted by atomic mass is 79.9. The number of unbranched alkanes of at least 4 members (excludes halogenated alkanes) is 1. The summed E-state index contributed by atoms with van der Waals surface area (Å²) >= 11 is 2.81. The van der Waals surface area contributed by atoms with Gasteiger partial charge in [-0.1, -0.05) is 0 Å². The minimum absolute atomic E-state index is 0.0118. The maximum atomic E-state index is 11.9. The zero-order valence-electron chi connectivity index (χ0n) is 10.5. The van der Waals surface area contributed by atoms with Gasteiger partial charge in [-0.05, 0) is 28.8 Å². The Labute approximate surface area is 127 Å². The zero-order chi connectivity index (χ0) is 16.3. The number of carbonyl (C=O) groups excluding carboxylic acids is 1. The Morgan fingerprint density at radius 2 is 2.00 bits per heavy atom. The molecule has 0 atom stereocenters. The largest absolute Gasteiger partial charge is 0.443 e. The third-order valence-corrected chi connectivity index (χ3v) is 4.13. The molecule has 0 aliphatic carbocycles. The van der Waals surface area contributed by atoms with Gasteiger partial charge in [0, 0.05) is 19.0 Å². The Bertz CT molecular complexity index is 612. The summed E-state index contributed by atoms with van der Waals surface area (Å²) < 4.78 is 62.6. The summed E-state index contributed by atoms with van der Waals surface area (Å²) in [7, 11) is -4.04. The Balaban J connectivity index is 2.50. The molecule has 0 aromatic carbocycles. The molecule has 11 heteroatoms. The second-order valence-electron chi connectivity index (χ2n) is 4.12. The van der Waals surface area contributed by atoms with Crippen molar-refractivity contribution >= 4 is 31.9 Å². The van der Waals surface area contributed by atoms with Crippen LogP contribution in [-0.2, 0) is 10.0 Å². The van der Waals surface area contributed by atoms with E-state index in [0.29, 0.717) is 0 Å². The highest BCUT2D eigenvalue weighted by Crippen LogP contribution is 2.25. The zero-order valence-corrected chi connectivity index (χ0v) is 12.9. The van der Waals surface area contributed by atoms with Gasteiger partial charge in [-0.25, -0.2) is 13.6 Å². The lowest BCUT2D eigenvalue weighted by atomic mass is 10.2. The molecule has 0 saturated carbocycles. The van der Waals surface area contributed by atoms with Crippen LogP contribution in [0.15, 0.2) is 20.0 Å². The van der Waals surface area contributed by atoms with Gasteiger partial charge in [-0.15, -0.1) is 0 Å². The molecule has 0 bridgehead atoms. The molecular formula is C10H12BrF3N2O4S. The molecule has 120 valence electrons. The number of rotatable bonds is 6. The fourth-order valence-corrected chi connectivity index (χ4v) is 2.90. The molecule has 0 fully saturated rings. The van der Waals surface area contributed by atoms with Crippen LogP contribution in [-0.4, -0.2) is 27.0 Å². The minimum atomic E-state index is -4.22. The van der Waals surface area contributed by atoms with E-state index in [2.05, 4.69) is 21.2 Å². The number of hydrogen-bond acceptors (Lipinski definition) is 4. The van der Waals surface area contributed by atoms with E-state index in [0.717, 1.165) is 6.07 Å². The fraction of sp³-hybridized carbons (Fsp3) is 0.500. The second kappa shape index (κ2) is 6.79. The molecule has 1 heterocycles. The average Bonchev–Trinajstić information content (AvgIpc) is 2.69. The predicted octanol–water partition coefficient (Wildman–Crippen LogP) is 2.15. The van der Waals surface area contributed by atoms with E-state index in [-0.39, 0.29) is 34.7 Å². The van der Waals surface area contributed by atoms with Gasteiger partial charge in [0.05, 0.1) is 0 Å². The Morgan fingerprint density at radius 3 is 2.48 bits per heavy atom. The van der Waals surface area contributed by atoms with Crippen molar-refractivity contribution in [2.75, 3.05) is 6.54 Å². The van der Waals surface area contributed by atoms with Gasteiger partial charge in [0.25, 0.3) is 5.91 Å². The van der Waals surface area contributed by atoms with E-state index in [9.17, 15) is 26.4 Å². The van der Waals surface area contributed by atoms with Crippen LogP contribution in [0, 0.1) is 0 Å². The van der Waals surface area contributed by atoms with Crippen molar-refractivity contribution in [2.45, 2.75) is 30.3 Å². The lowest BCUT2D eigenvalue weighted by Gasteiger charge is -2.06. The van der Waals surface area contributed by atoms with Crippen molar-refractivity contribution in [3.05, 3.63) is 16.5 Å². The predicted molar refractivity (Wildman–Crippen MR) is 70.0 cm³/mol. The van der Waals surface area contributed by atoms with Crippen molar-refractivity contribution in [3.63, 3.8) is 0 Å². The first-order chi connectivity index (χ1) is 9.50. The van der Waals surface area contributed by atoms with Crippen molar-refractivity contribution in [1.82, 2.24) is 5.32 Å². The molecule has 1 aromatic heterocycles. The fourth-order valence-electron chi connectivity index (χ4n) is 1.40. The lowest BCUT2D eigenvalue weighted by molar-refractivity contribution is -0.135. The first kappa shape index (κ1) is 18.0. The average molecular weight is 393 g/mol. The van der Waals surface area contributed by atoms with Gasteiger partial charge < -0.3 is 9.73 Å². The third-order valence-electron chi connectivity index (χ3n) is 2.36. The molecule has 1 amide bonds. The van der Waals surface area contributed by atoms with Crippen molar-refractivity contribution in [2.24, 2.45) is 5.14 Å². The third kappa shape index (κ3) is 6.06. The number of nitrogens with one attached hydrogen (secondary N) is 1. The normalized spacial score (nSPS) is 12.4. The van der Waals surface area contributed by atoms with Gasteiger partial charge in [-0.3, -0.25) is 4.79 Å². The van der Waals surface area contributed by atoms with E-state index in [1.54, 1.807) is 0 Å². The monoisotopic (exact) mass is 392 g/mol. The van der Waals surface area contributed by atoms with Crippen molar-refractivity contribution in [1.29, 1.82) is 0 Å². The van der Waals surface area contributed by atoms with Crippen LogP contribution in [0.25, 0.3) is 0 Å². The first-order valence-electron chi connectivity index (χ1n) is 5.68. The van der Waals surface area contributed by atoms with E-state index in [1.165, 1.54) is 0 Å². The molecule has 0 aliphatic heterocycles. The summed E-state index contributed by atoms with van der Waals surface area (Å²) in [5, 5.41) is 7.22. The van der Waals surface area contributed by atoms with E-state index < -0.39 is 28.5 Å². The summed E-state index contributed by atoms with van der Waals surface area (Å²) in [4.78, 5) is 11.2. The number of alkyl halides is 3. The van der Waals surface area contributed by atoms with Crippen LogP contribution in [0.1, 0.15) is 29.8 Å². The number of primary sulfonamides is 1. The highest BCUT2D eigenvalue weighted by Gasteiger charge is 2.26. The molecule has 0 unspecified atom stereocenters. The van der Waals surface area contributed by atoms with Gasteiger partial charge >= 0.3 is 6.18 Å². The van der Waals surface area contributed by atoms with Crippen LogP contribution in [0.3, 0.4) is 0 Å². The standard InChI is InChI=1S/C10H12BrF3N2O4S/c11-8-7(21(15,18)19)5-6(20-8)9(17)16-4-2-1-3-10(12,13)14/h5H,1-4H2,(H,16,17)(H2,15,18,19). The number of nitrogens with two attached hydrogens (primary N) is 1. The molecule has 0 radical (unpaired) electrons. The summed E-state index contributed by atoms with van der Waals surface area (Å²) in [6.45, 7) is 0.0118. The second-order valence-corrected chi connectivity index (χ2v) is 6.37. The molecular weight excluding hydrogens is 381 g/mol. The smallest absolute Gasteiger partial charge is 0.389 e. The summed E-state index contributed by atoms with van der Waals surface area (Å²) in [6.07, 6.45) is -5.13. The number of carbonyl (C=O) groups is 1. The Hall–Kier alpha value is -1.07. The molecule has 1 aromatic rings. The van der Waals surface area contributed by atoms with Crippen molar-refractivity contribution < 1.29 is 30.8 Å². The summed E-state index contributed by atoms with van der Waals surface area (Å²) in [5.41, 5.74) is 0. The molecule has 3 N–H and O–H groups in total. The number of furan rings is 1. The number of hydrogen-bond donors (Lipinski definition) is 2. The summed E-state index contributed by atoms with van der Waals surface area (Å²) in [5.74, 6) is -1.04. The summed E-state index contributed by atoms with van der Waals surface area (Å²) in [6, 6.07) is 0.935. The van der Waals surface area contributed by atoms with E-state index in [4.69, 9.17) is 9.56 Å². The van der Waals surface area contributed by atoms with Crippen molar-refractivity contribution in [3.8, 4) is 0 Å². The van der Waals surface area contributed by atoms with Gasteiger partial charge in [0.15, 0.2) is 10.4 Å². The topological polar surface area (TPSA) is 102 Å². The maximum Gasteiger partial charge on any atom is 0.389 e. The van der Waals surface area contributed by atoms with Crippen LogP contribution in [0.4, 0.5) is 13.2 Å². The maximum absolute atomic E-state index is 11.9. The molecule has 0 saturated heterocycles. The van der Waals surface area contributed by atoms with E-state index >= 15 is 0 Å². The van der Waals surface area contributed by atoms with Gasteiger partial charge in [-0.2, -0.15) is 13.2 Å². The van der Waals surface area contributed by atoms with Crippen LogP contribution < -0.4 is 10.5 Å². The number of amides is 1. The molecule has 21 heavy (non-hydrogen) atoms. The SMILES string of the molecule is NS(=O)(=O)c1cc(C(=O)NCCCCC(F)(F)F)oc1Br. The molecule has 1 rings (SSSR count). The van der Waals surface area contributed by atoms with Gasteiger partial charge in [0.1, 0.15) is 4.90 Å². The molecule has 0 aliphatic rings. The van der Waals surface area contributed by atoms with Crippen LogP contribution in [0.5, 0.6) is 0 Å². The first-order valence-corrected chi connectivity index (χ1v) is 8.02. The molecule has 0 spiro atoms. The quantitative estimate of drug-likeness (QED) is 0.723. The Kier molecular flexibility index (Phi) is 5.82. The molecule has 6 nitrogen and oxygen atoms in total. The highest BCUT2D eigenvalue weighted by molar-refractivity contribution is 9.10. The Morgan fingerprint density at radius 1 is 1.38 bits per heavy atom. The minimum Gasteiger partial charge on any atom is -0.443 e. The number of sulfonamides is 1. The van der Waals surface area contributed by atoms with Crippen LogP contribution >= 0.6 is 15.9 Å².